The second kappa shape index (κ2) is 13.0. The number of fused-ring (bicyclic) bond motifs is 1. The van der Waals surface area contributed by atoms with Crippen molar-refractivity contribution >= 4 is 34.7 Å². The smallest absolute Gasteiger partial charge is 0.411 e. The van der Waals surface area contributed by atoms with Crippen molar-refractivity contribution < 1.29 is 14.3 Å². The van der Waals surface area contributed by atoms with Crippen molar-refractivity contribution in [2.45, 2.75) is 57.3 Å². The molecule has 4 aromatic rings. The van der Waals surface area contributed by atoms with Crippen molar-refractivity contribution in [2.75, 3.05) is 23.9 Å². The highest BCUT2D eigenvalue weighted by molar-refractivity contribution is 7.12. The van der Waals surface area contributed by atoms with Crippen molar-refractivity contribution in [2.24, 2.45) is 5.73 Å². The number of methoxy groups -OCH3 is 1. The monoisotopic (exact) mass is 594 g/mol. The van der Waals surface area contributed by atoms with E-state index in [2.05, 4.69) is 64.8 Å². The topological polar surface area (TPSA) is 87.9 Å². The van der Waals surface area contributed by atoms with Gasteiger partial charge >= 0.3 is 6.09 Å². The highest BCUT2D eigenvalue weighted by Gasteiger charge is 2.29. The van der Waals surface area contributed by atoms with E-state index in [0.29, 0.717) is 12.2 Å². The summed E-state index contributed by atoms with van der Waals surface area (Å²) in [5.41, 5.74) is 13.6. The van der Waals surface area contributed by atoms with Crippen molar-refractivity contribution in [3.8, 4) is 11.1 Å². The van der Waals surface area contributed by atoms with Gasteiger partial charge in [0.25, 0.3) is 5.91 Å². The number of carbonyl (C=O) groups excluding carboxylic acids is 2. The Labute approximate surface area is 257 Å². The Bertz CT molecular complexity index is 1580. The maximum atomic E-state index is 13.6. The number of nitrogens with zero attached hydrogens (tertiary/aromatic N) is 2. The molecule has 2 heterocycles. The highest BCUT2D eigenvalue weighted by Crippen LogP contribution is 2.35. The van der Waals surface area contributed by atoms with Gasteiger partial charge in [-0.05, 0) is 89.6 Å². The Kier molecular flexibility index (Phi) is 8.77. The molecule has 0 atom stereocenters. The van der Waals surface area contributed by atoms with Crippen LogP contribution in [0.25, 0.3) is 11.1 Å². The van der Waals surface area contributed by atoms with Crippen LogP contribution in [0.15, 0.2) is 84.2 Å². The fourth-order valence-electron chi connectivity index (χ4n) is 6.32. The zero-order chi connectivity index (χ0) is 29.8. The summed E-state index contributed by atoms with van der Waals surface area (Å²) in [5.74, 6) is 0.0814. The van der Waals surface area contributed by atoms with E-state index in [1.807, 2.05) is 34.5 Å². The van der Waals surface area contributed by atoms with Crippen LogP contribution >= 0.6 is 11.3 Å². The predicted molar refractivity (Wildman–Crippen MR) is 174 cm³/mol. The molecule has 7 nitrogen and oxygen atoms in total. The molecule has 43 heavy (non-hydrogen) atoms. The van der Waals surface area contributed by atoms with Crippen LogP contribution in [0.3, 0.4) is 0 Å². The molecule has 1 saturated carbocycles. The summed E-state index contributed by atoms with van der Waals surface area (Å²) < 4.78 is 4.97. The van der Waals surface area contributed by atoms with Gasteiger partial charge in [-0.1, -0.05) is 54.6 Å². The van der Waals surface area contributed by atoms with E-state index in [9.17, 15) is 9.59 Å². The molecule has 2 aliphatic rings. The predicted octanol–water partition coefficient (Wildman–Crippen LogP) is 7.07. The molecule has 1 fully saturated rings. The summed E-state index contributed by atoms with van der Waals surface area (Å²) in [6.45, 7) is 2.17. The average molecular weight is 595 g/mol. The number of thiophene rings is 1. The Morgan fingerprint density at radius 2 is 1.74 bits per heavy atom. The molecule has 1 aromatic heterocycles. The number of ether oxygens (including phenoxy) is 1. The minimum Gasteiger partial charge on any atom is -0.453 e. The quantitative estimate of drug-likeness (QED) is 0.239. The Balaban J connectivity index is 1.28. The lowest BCUT2D eigenvalue weighted by Gasteiger charge is -2.36. The second-order valence-corrected chi connectivity index (χ2v) is 12.4. The van der Waals surface area contributed by atoms with E-state index in [4.69, 9.17) is 10.5 Å². The van der Waals surface area contributed by atoms with Crippen LogP contribution in [0.4, 0.5) is 16.2 Å². The van der Waals surface area contributed by atoms with Gasteiger partial charge in [0.1, 0.15) is 0 Å². The van der Waals surface area contributed by atoms with Crippen LogP contribution in [-0.4, -0.2) is 42.6 Å². The molecule has 1 aliphatic heterocycles. The standard InChI is InChI=1S/C35H38N4O3S/c1-42-35(41)37-31-21-27(11-16-32(31)38-18-17-25-7-2-3-8-28(25)23-38)26-9-4-6-24(20-26)22-39(30-14-12-29(36)13-15-30)34(40)33-10-5-19-43-33/h2-11,16,19-21,29-30H,12-15,17-18,22-23,36H2,1H3,(H,37,41). The van der Waals surface area contributed by atoms with Crippen LogP contribution in [0, 0.1) is 0 Å². The molecule has 0 saturated heterocycles. The normalized spacial score (nSPS) is 18.0. The van der Waals surface area contributed by atoms with E-state index in [0.717, 1.165) is 72.4 Å². The van der Waals surface area contributed by atoms with Gasteiger partial charge in [0.2, 0.25) is 0 Å². The first kappa shape index (κ1) is 29.0. The van der Waals surface area contributed by atoms with Gasteiger partial charge in [0.05, 0.1) is 23.4 Å². The van der Waals surface area contributed by atoms with Crippen LogP contribution in [0.1, 0.15) is 52.0 Å². The molecule has 0 spiro atoms. The molecule has 8 heteroatoms. The van der Waals surface area contributed by atoms with Crippen LogP contribution in [-0.2, 0) is 24.2 Å². The number of anilines is 2. The minimum absolute atomic E-state index is 0.0814. The van der Waals surface area contributed by atoms with Crippen molar-refractivity contribution in [1.29, 1.82) is 0 Å². The van der Waals surface area contributed by atoms with Crippen LogP contribution < -0.4 is 16.0 Å². The summed E-state index contributed by atoms with van der Waals surface area (Å²) in [7, 11) is 1.38. The van der Waals surface area contributed by atoms with Gasteiger partial charge in [-0.3, -0.25) is 10.1 Å². The van der Waals surface area contributed by atoms with E-state index in [-0.39, 0.29) is 18.0 Å². The van der Waals surface area contributed by atoms with Crippen molar-refractivity contribution in [3.05, 3.63) is 106 Å². The van der Waals surface area contributed by atoms with Gasteiger partial charge in [-0.25, -0.2) is 4.79 Å². The zero-order valence-electron chi connectivity index (χ0n) is 24.5. The third kappa shape index (κ3) is 6.60. The number of nitrogens with one attached hydrogen (secondary N) is 1. The first-order valence-electron chi connectivity index (χ1n) is 15.0. The molecule has 2 amide bonds. The summed E-state index contributed by atoms with van der Waals surface area (Å²) in [5, 5.41) is 4.90. The number of benzene rings is 3. The van der Waals surface area contributed by atoms with Crippen LogP contribution in [0.2, 0.25) is 0 Å². The summed E-state index contributed by atoms with van der Waals surface area (Å²) in [4.78, 5) is 31.1. The van der Waals surface area contributed by atoms with Gasteiger partial charge in [-0.2, -0.15) is 0 Å². The molecule has 0 unspecified atom stereocenters. The van der Waals surface area contributed by atoms with Gasteiger partial charge in [0.15, 0.2) is 0 Å². The highest BCUT2D eigenvalue weighted by atomic mass is 32.1. The van der Waals surface area contributed by atoms with E-state index >= 15 is 0 Å². The number of carbonyl (C=O) groups is 2. The van der Waals surface area contributed by atoms with Crippen LogP contribution in [0.5, 0.6) is 0 Å². The number of rotatable bonds is 7. The zero-order valence-corrected chi connectivity index (χ0v) is 25.3. The van der Waals surface area contributed by atoms with E-state index in [1.54, 1.807) is 0 Å². The lowest BCUT2D eigenvalue weighted by Crippen LogP contribution is -2.43. The Hall–Kier alpha value is -4.14. The fraction of sp³-hybridized carbons (Fsp3) is 0.314. The molecule has 0 bridgehead atoms. The van der Waals surface area contributed by atoms with E-state index in [1.165, 1.54) is 29.6 Å². The minimum atomic E-state index is -0.500. The fourth-order valence-corrected chi connectivity index (χ4v) is 7.00. The third-order valence-corrected chi connectivity index (χ3v) is 9.54. The lowest BCUT2D eigenvalue weighted by molar-refractivity contribution is 0.0611. The Morgan fingerprint density at radius 3 is 2.51 bits per heavy atom. The molecular weight excluding hydrogens is 556 g/mol. The molecular formula is C35H38N4O3S. The first-order chi connectivity index (χ1) is 21.0. The molecule has 222 valence electrons. The second-order valence-electron chi connectivity index (χ2n) is 11.5. The summed E-state index contributed by atoms with van der Waals surface area (Å²) in [6, 6.07) is 27.3. The lowest BCUT2D eigenvalue weighted by atomic mass is 9.90. The maximum absolute atomic E-state index is 13.6. The van der Waals surface area contributed by atoms with Gasteiger partial charge in [-0.15, -0.1) is 11.3 Å². The van der Waals surface area contributed by atoms with E-state index < -0.39 is 6.09 Å². The molecule has 0 radical (unpaired) electrons. The number of hydrogen-bond donors (Lipinski definition) is 2. The first-order valence-corrected chi connectivity index (χ1v) is 15.9. The summed E-state index contributed by atoms with van der Waals surface area (Å²) in [6.07, 6.45) is 4.16. The van der Waals surface area contributed by atoms with Crippen molar-refractivity contribution in [3.63, 3.8) is 0 Å². The SMILES string of the molecule is COC(=O)Nc1cc(-c2cccc(CN(C(=O)c3cccs3)C3CCC(N)CC3)c2)ccc1N1CCc2ccccc2C1. The van der Waals surface area contributed by atoms with Gasteiger partial charge < -0.3 is 20.3 Å². The van der Waals surface area contributed by atoms with Gasteiger partial charge in [0, 0.05) is 31.7 Å². The number of hydrogen-bond acceptors (Lipinski definition) is 6. The average Bonchev–Trinajstić information content (AvgIpc) is 3.59. The number of nitrogens with two attached hydrogens (primary N) is 1. The molecule has 3 aromatic carbocycles. The number of amides is 2. The largest absolute Gasteiger partial charge is 0.453 e. The van der Waals surface area contributed by atoms with Crippen molar-refractivity contribution in [1.82, 2.24) is 4.90 Å². The molecule has 6 rings (SSSR count). The Morgan fingerprint density at radius 1 is 0.953 bits per heavy atom. The molecule has 3 N–H and O–H groups in total. The summed E-state index contributed by atoms with van der Waals surface area (Å²) >= 11 is 1.49. The maximum Gasteiger partial charge on any atom is 0.411 e. The molecule has 1 aliphatic carbocycles. The third-order valence-electron chi connectivity index (χ3n) is 8.68.